The van der Waals surface area contributed by atoms with Crippen molar-refractivity contribution >= 4 is 23.5 Å². The first-order valence-electron chi connectivity index (χ1n) is 6.20. The molecule has 1 aromatic heterocycles. The lowest BCUT2D eigenvalue weighted by Crippen LogP contribution is -2.37. The Hall–Kier alpha value is -0.130. The summed E-state index contributed by atoms with van der Waals surface area (Å²) in [5, 5.41) is 8.05. The summed E-state index contributed by atoms with van der Waals surface area (Å²) in [7, 11) is 2.02. The van der Waals surface area contributed by atoms with Gasteiger partial charge in [-0.05, 0) is 12.5 Å². The summed E-state index contributed by atoms with van der Waals surface area (Å²) in [6.07, 6.45) is 3.00. The molecule has 3 nitrogen and oxygen atoms in total. The monoisotopic (exact) mass is 271 g/mol. The van der Waals surface area contributed by atoms with Gasteiger partial charge in [0.2, 0.25) is 0 Å². The maximum Gasteiger partial charge on any atom is 0.0550 e. The van der Waals surface area contributed by atoms with Gasteiger partial charge in [0.05, 0.1) is 5.69 Å². The zero-order valence-corrected chi connectivity index (χ0v) is 12.2. The number of aromatic nitrogens is 2. The summed E-state index contributed by atoms with van der Waals surface area (Å²) in [5.41, 5.74) is 1.30. The average Bonchev–Trinajstić information content (AvgIpc) is 2.62. The van der Waals surface area contributed by atoms with Gasteiger partial charge < -0.3 is 5.32 Å². The molecule has 0 radical (unpaired) electrons. The molecule has 0 bridgehead atoms. The average molecular weight is 271 g/mol. The van der Waals surface area contributed by atoms with Crippen molar-refractivity contribution in [1.29, 1.82) is 0 Å². The zero-order valence-electron chi connectivity index (χ0n) is 10.6. The molecule has 1 aromatic rings. The Labute approximate surface area is 112 Å². The van der Waals surface area contributed by atoms with E-state index in [2.05, 4.69) is 46.9 Å². The normalized spacial score (nSPS) is 20.1. The second kappa shape index (κ2) is 6.71. The molecule has 17 heavy (non-hydrogen) atoms. The summed E-state index contributed by atoms with van der Waals surface area (Å²) >= 11 is 4.14. The lowest BCUT2D eigenvalue weighted by Gasteiger charge is -2.23. The van der Waals surface area contributed by atoms with E-state index in [1.165, 1.54) is 28.7 Å². The maximum absolute atomic E-state index is 4.26. The van der Waals surface area contributed by atoms with Crippen molar-refractivity contribution in [3.8, 4) is 0 Å². The van der Waals surface area contributed by atoms with Crippen LogP contribution in [0.2, 0.25) is 0 Å². The molecule has 1 aliphatic heterocycles. The Bertz CT molecular complexity index is 332. The molecule has 1 saturated heterocycles. The number of nitrogens with zero attached hydrogens (tertiary/aromatic N) is 2. The Kier molecular flexibility index (Phi) is 5.25. The Balaban J connectivity index is 1.97. The highest BCUT2D eigenvalue weighted by molar-refractivity contribution is 8.03. The highest BCUT2D eigenvalue weighted by Gasteiger charge is 2.19. The van der Waals surface area contributed by atoms with Gasteiger partial charge in [-0.1, -0.05) is 6.92 Å². The molecule has 1 fully saturated rings. The summed E-state index contributed by atoms with van der Waals surface area (Å²) in [6.45, 7) is 2.24. The van der Waals surface area contributed by atoms with Crippen LogP contribution >= 0.6 is 23.5 Å². The van der Waals surface area contributed by atoms with E-state index in [-0.39, 0.29) is 0 Å². The number of nitrogens with one attached hydrogen (secondary N) is 1. The highest BCUT2D eigenvalue weighted by atomic mass is 32.2. The third-order valence-electron chi connectivity index (χ3n) is 3.07. The van der Waals surface area contributed by atoms with E-state index >= 15 is 0 Å². The molecule has 0 amide bonds. The van der Waals surface area contributed by atoms with Gasteiger partial charge in [-0.2, -0.15) is 28.6 Å². The smallest absolute Gasteiger partial charge is 0.0550 e. The summed E-state index contributed by atoms with van der Waals surface area (Å²) in [6, 6.07) is 3.19. The van der Waals surface area contributed by atoms with Crippen LogP contribution in [0, 0.1) is 0 Å². The van der Waals surface area contributed by atoms with Gasteiger partial charge in [0, 0.05) is 48.3 Å². The molecule has 2 heterocycles. The van der Waals surface area contributed by atoms with Gasteiger partial charge in [0.25, 0.3) is 0 Å². The SMILES string of the molecule is CCC(NC1CSCCSC1)c1ccnn1C. The van der Waals surface area contributed by atoms with E-state index in [0.29, 0.717) is 12.1 Å². The van der Waals surface area contributed by atoms with E-state index in [1.807, 2.05) is 17.9 Å². The van der Waals surface area contributed by atoms with Gasteiger partial charge in [0.1, 0.15) is 0 Å². The van der Waals surface area contributed by atoms with Crippen molar-refractivity contribution in [2.24, 2.45) is 7.05 Å². The predicted molar refractivity (Wildman–Crippen MR) is 77.8 cm³/mol. The highest BCUT2D eigenvalue weighted by Crippen LogP contribution is 2.21. The van der Waals surface area contributed by atoms with E-state index in [0.717, 1.165) is 6.42 Å². The van der Waals surface area contributed by atoms with Crippen molar-refractivity contribution in [3.63, 3.8) is 0 Å². The number of hydrogen-bond donors (Lipinski definition) is 1. The molecule has 0 aliphatic carbocycles. The largest absolute Gasteiger partial charge is 0.304 e. The van der Waals surface area contributed by atoms with Crippen molar-refractivity contribution in [2.45, 2.75) is 25.4 Å². The molecule has 0 spiro atoms. The van der Waals surface area contributed by atoms with Crippen LogP contribution in [-0.4, -0.2) is 38.8 Å². The van der Waals surface area contributed by atoms with Crippen molar-refractivity contribution < 1.29 is 0 Å². The van der Waals surface area contributed by atoms with Crippen LogP contribution in [0.4, 0.5) is 0 Å². The molecular formula is C12H21N3S2. The second-order valence-electron chi connectivity index (χ2n) is 4.35. The van der Waals surface area contributed by atoms with Crippen LogP contribution in [0.25, 0.3) is 0 Å². The molecule has 5 heteroatoms. The Morgan fingerprint density at radius 2 is 2.18 bits per heavy atom. The number of thioether (sulfide) groups is 2. The molecule has 0 saturated carbocycles. The van der Waals surface area contributed by atoms with Crippen LogP contribution in [0.1, 0.15) is 25.1 Å². The van der Waals surface area contributed by atoms with E-state index in [1.54, 1.807) is 0 Å². The minimum Gasteiger partial charge on any atom is -0.304 e. The minimum atomic E-state index is 0.437. The first-order valence-corrected chi connectivity index (χ1v) is 8.51. The Morgan fingerprint density at radius 1 is 1.47 bits per heavy atom. The lowest BCUT2D eigenvalue weighted by atomic mass is 10.1. The number of rotatable bonds is 4. The lowest BCUT2D eigenvalue weighted by molar-refractivity contribution is 0.448. The van der Waals surface area contributed by atoms with Crippen molar-refractivity contribution in [2.75, 3.05) is 23.0 Å². The van der Waals surface area contributed by atoms with E-state index in [4.69, 9.17) is 0 Å². The maximum atomic E-state index is 4.26. The third-order valence-corrected chi connectivity index (χ3v) is 5.59. The summed E-state index contributed by atoms with van der Waals surface area (Å²) < 4.78 is 1.98. The molecule has 1 aliphatic rings. The molecule has 1 atom stereocenters. The van der Waals surface area contributed by atoms with E-state index in [9.17, 15) is 0 Å². The first-order chi connectivity index (χ1) is 8.31. The van der Waals surface area contributed by atoms with Crippen LogP contribution < -0.4 is 5.32 Å². The quantitative estimate of drug-likeness (QED) is 0.910. The summed E-state index contributed by atoms with van der Waals surface area (Å²) in [5.74, 6) is 5.07. The van der Waals surface area contributed by atoms with Crippen LogP contribution in [0.5, 0.6) is 0 Å². The van der Waals surface area contributed by atoms with E-state index < -0.39 is 0 Å². The third kappa shape index (κ3) is 3.66. The molecule has 0 aromatic carbocycles. The van der Waals surface area contributed by atoms with Gasteiger partial charge in [-0.25, -0.2) is 0 Å². The molecule has 2 rings (SSSR count). The number of hydrogen-bond acceptors (Lipinski definition) is 4. The van der Waals surface area contributed by atoms with Crippen LogP contribution in [0.3, 0.4) is 0 Å². The van der Waals surface area contributed by atoms with Gasteiger partial charge in [0.15, 0.2) is 0 Å². The van der Waals surface area contributed by atoms with Crippen LogP contribution in [-0.2, 0) is 7.05 Å². The first kappa shape index (κ1) is 13.3. The molecule has 1 N–H and O–H groups in total. The van der Waals surface area contributed by atoms with Gasteiger partial charge in [-0.3, -0.25) is 4.68 Å². The molecular weight excluding hydrogens is 250 g/mol. The predicted octanol–water partition coefficient (Wildman–Crippen LogP) is 2.31. The van der Waals surface area contributed by atoms with Gasteiger partial charge in [-0.15, -0.1) is 0 Å². The van der Waals surface area contributed by atoms with Gasteiger partial charge >= 0.3 is 0 Å². The fraction of sp³-hybridized carbons (Fsp3) is 0.750. The minimum absolute atomic E-state index is 0.437. The van der Waals surface area contributed by atoms with Crippen molar-refractivity contribution in [1.82, 2.24) is 15.1 Å². The second-order valence-corrected chi connectivity index (χ2v) is 6.65. The standard InChI is InChI=1S/C12H21N3S2/c1-3-11(12-4-5-13-15(12)2)14-10-8-16-6-7-17-9-10/h4-5,10-11,14H,3,6-9H2,1-2H3. The topological polar surface area (TPSA) is 29.9 Å². The summed E-state index contributed by atoms with van der Waals surface area (Å²) in [4.78, 5) is 0. The molecule has 96 valence electrons. The van der Waals surface area contributed by atoms with Crippen molar-refractivity contribution in [3.05, 3.63) is 18.0 Å². The Morgan fingerprint density at radius 3 is 2.71 bits per heavy atom. The fourth-order valence-corrected chi connectivity index (χ4v) is 4.56. The zero-order chi connectivity index (χ0) is 12.1. The van der Waals surface area contributed by atoms with Crippen LogP contribution in [0.15, 0.2) is 12.3 Å². The molecule has 1 unspecified atom stereocenters. The fourth-order valence-electron chi connectivity index (χ4n) is 2.14. The number of aryl methyl sites for hydroxylation is 1.